The SMILES string of the molecule is Cc1cc(O)c(C)c(C(=O)NC2([C@H](O)C(=O)N3CC(F)(F)C(C)(C)[C@H]3C(=O)NCC(C)COc3cc(C)cc(C(=O)N[C@@H](Cc4ccccc4)[C@H](O)C(=O)N4CC(F)(F)C(C)(C)[C@H]4C(=O)NCC(F)(F)F)c3C)CC2c2ccccc2)c1. The highest BCUT2D eigenvalue weighted by Gasteiger charge is 2.69. The predicted molar refractivity (Wildman–Crippen MR) is 286 cm³/mol. The van der Waals surface area contributed by atoms with Crippen LogP contribution in [0.1, 0.15) is 101 Å². The summed E-state index contributed by atoms with van der Waals surface area (Å²) in [6, 6.07) is 17.3. The lowest BCUT2D eigenvalue weighted by atomic mass is 9.81. The fourth-order valence-corrected chi connectivity index (χ4v) is 11.0. The largest absolute Gasteiger partial charge is 0.508 e. The molecular weight excluding hydrogens is 1090 g/mol. The average molecular weight is 1160 g/mol. The van der Waals surface area contributed by atoms with Crippen molar-refractivity contribution in [1.82, 2.24) is 31.1 Å². The molecule has 0 aromatic heterocycles. The van der Waals surface area contributed by atoms with Crippen LogP contribution >= 0.6 is 0 Å². The van der Waals surface area contributed by atoms with Gasteiger partial charge < -0.3 is 51.1 Å². The molecule has 2 heterocycles. The number of hydrogen-bond donors (Lipinski definition) is 7. The molecule has 1 aliphatic carbocycles. The summed E-state index contributed by atoms with van der Waals surface area (Å²) in [4.78, 5) is 85.1. The molecule has 1 saturated carbocycles. The van der Waals surface area contributed by atoms with Crippen LogP contribution in [0.2, 0.25) is 0 Å². The van der Waals surface area contributed by atoms with Crippen molar-refractivity contribution in [3.63, 3.8) is 0 Å². The maximum atomic E-state index is 16.0. The molecule has 4 aromatic rings. The predicted octanol–water partition coefficient (Wildman–Crippen LogP) is 6.60. The zero-order chi connectivity index (χ0) is 60.8. The molecule has 8 atom stereocenters. The van der Waals surface area contributed by atoms with E-state index in [0.29, 0.717) is 32.1 Å². The number of nitrogens with one attached hydrogen (secondary N) is 4. The van der Waals surface area contributed by atoms with Gasteiger partial charge in [0.25, 0.3) is 35.5 Å². The topological polar surface area (TPSA) is 227 Å². The van der Waals surface area contributed by atoms with Crippen LogP contribution in [-0.4, -0.2) is 147 Å². The molecule has 0 radical (unpaired) electrons. The van der Waals surface area contributed by atoms with E-state index < -0.39 is 132 Å². The Morgan fingerprint density at radius 1 is 0.707 bits per heavy atom. The standard InChI is InChI=1S/C59H69F7N6O10/c1-31-20-38(34(4)42(73)22-31)49(77)70-56(25-40(56)37-18-14-11-15-19-37)47(75)53(81)72-30-58(62,63)54(6,7)45(72)50(78)67-26-33(3)27-82-43-23-32(2)21-39(35(43)5)48(76)69-41(24-36-16-12-10-13-17-36)44(74)52(80)71-29-57(60,61)55(8,9)46(71)51(79)68-28-59(64,65)66/h10-23,33,40-41,44-47,73-75H,24-30H2,1-9H3,(H,67,78)(H,68,79)(H,69,76)(H,70,77)/t33?,40?,41-,44-,45+,46+,47+,56?/m0/s1. The number of aliphatic hydroxyl groups is 2. The van der Waals surface area contributed by atoms with E-state index in [4.69, 9.17) is 4.74 Å². The number of hydrogen-bond acceptors (Lipinski definition) is 10. The van der Waals surface area contributed by atoms with Gasteiger partial charge in [-0.05, 0) is 87.1 Å². The minimum Gasteiger partial charge on any atom is -0.508 e. The quantitative estimate of drug-likeness (QED) is 0.0498. The van der Waals surface area contributed by atoms with Gasteiger partial charge in [-0.1, -0.05) is 95.3 Å². The van der Waals surface area contributed by atoms with Crippen LogP contribution < -0.4 is 26.0 Å². The molecule has 0 spiro atoms. The zero-order valence-corrected chi connectivity index (χ0v) is 46.8. The lowest BCUT2D eigenvalue weighted by Gasteiger charge is -2.35. The Bertz CT molecular complexity index is 3090. The number of rotatable bonds is 19. The van der Waals surface area contributed by atoms with Gasteiger partial charge in [-0.15, -0.1) is 0 Å². The molecule has 444 valence electrons. The van der Waals surface area contributed by atoms with Gasteiger partial charge in [0.05, 0.1) is 42.1 Å². The number of aliphatic hydroxyl groups excluding tert-OH is 2. The van der Waals surface area contributed by atoms with Crippen molar-refractivity contribution in [1.29, 1.82) is 0 Å². The third-order valence-electron chi connectivity index (χ3n) is 16.3. The van der Waals surface area contributed by atoms with Crippen LogP contribution in [0.3, 0.4) is 0 Å². The maximum absolute atomic E-state index is 16.0. The fourth-order valence-electron chi connectivity index (χ4n) is 11.0. The molecule has 82 heavy (non-hydrogen) atoms. The van der Waals surface area contributed by atoms with Gasteiger partial charge in [-0.3, -0.25) is 28.8 Å². The number of ether oxygens (including phenoxy) is 1. The Hall–Kier alpha value is -7.27. The summed E-state index contributed by atoms with van der Waals surface area (Å²) in [7, 11) is 0. The van der Waals surface area contributed by atoms with Gasteiger partial charge in [-0.25, -0.2) is 17.6 Å². The summed E-state index contributed by atoms with van der Waals surface area (Å²) in [5.41, 5.74) is -3.57. The minimum atomic E-state index is -4.91. The Kier molecular flexibility index (Phi) is 17.6. The van der Waals surface area contributed by atoms with Crippen LogP contribution in [0.5, 0.6) is 11.5 Å². The van der Waals surface area contributed by atoms with Crippen molar-refractivity contribution in [3.05, 3.63) is 129 Å². The molecule has 0 bridgehead atoms. The number of carbonyl (C=O) groups excluding carboxylic acids is 6. The van der Waals surface area contributed by atoms with Gasteiger partial charge in [0.2, 0.25) is 11.8 Å². The monoisotopic (exact) mass is 1150 g/mol. The second-order valence-electron chi connectivity index (χ2n) is 23.3. The molecule has 2 saturated heterocycles. The number of amides is 6. The number of phenolic OH excluding ortho intramolecular Hbond substituents is 1. The van der Waals surface area contributed by atoms with Gasteiger partial charge in [0.15, 0.2) is 12.2 Å². The number of halogens is 7. The molecule has 6 amide bonds. The summed E-state index contributed by atoms with van der Waals surface area (Å²) in [5.74, 6) is -15.4. The molecule has 16 nitrogen and oxygen atoms in total. The number of aromatic hydroxyl groups is 1. The van der Waals surface area contributed by atoms with E-state index in [9.17, 15) is 57.3 Å². The highest BCUT2D eigenvalue weighted by molar-refractivity contribution is 6.00. The minimum absolute atomic E-state index is 0.0181. The van der Waals surface area contributed by atoms with E-state index in [2.05, 4.69) is 16.0 Å². The van der Waals surface area contributed by atoms with Crippen LogP contribution in [0.15, 0.2) is 84.9 Å². The molecule has 3 fully saturated rings. The van der Waals surface area contributed by atoms with Gasteiger partial charge in [0.1, 0.15) is 30.1 Å². The number of aryl methyl sites for hydroxylation is 2. The van der Waals surface area contributed by atoms with Crippen molar-refractivity contribution in [2.45, 2.75) is 135 Å². The van der Waals surface area contributed by atoms with E-state index in [0.717, 1.165) is 27.7 Å². The molecule has 3 unspecified atom stereocenters. The molecule has 23 heteroatoms. The zero-order valence-electron chi connectivity index (χ0n) is 46.8. The number of phenols is 1. The van der Waals surface area contributed by atoms with Crippen molar-refractivity contribution in [2.75, 3.05) is 32.8 Å². The summed E-state index contributed by atoms with van der Waals surface area (Å²) >= 11 is 0. The third kappa shape index (κ3) is 12.5. The molecule has 2 aliphatic heterocycles. The first-order valence-corrected chi connectivity index (χ1v) is 26.7. The molecule has 7 N–H and O–H groups in total. The highest BCUT2D eigenvalue weighted by Crippen LogP contribution is 2.56. The molecular formula is C59H69F7N6O10. The second-order valence-corrected chi connectivity index (χ2v) is 23.3. The Labute approximate surface area is 470 Å². The van der Waals surface area contributed by atoms with E-state index in [1.54, 1.807) is 92.8 Å². The first-order chi connectivity index (χ1) is 38.0. The van der Waals surface area contributed by atoms with Crippen LogP contribution in [0.25, 0.3) is 0 Å². The van der Waals surface area contributed by atoms with Gasteiger partial charge in [0, 0.05) is 40.6 Å². The second kappa shape index (κ2) is 23.2. The van der Waals surface area contributed by atoms with E-state index in [-0.39, 0.29) is 59.7 Å². The molecule has 3 aliphatic rings. The normalized spacial score (nSPS) is 22.7. The lowest BCUT2D eigenvalue weighted by molar-refractivity contribution is -0.151. The van der Waals surface area contributed by atoms with Crippen molar-refractivity contribution in [2.24, 2.45) is 16.7 Å². The van der Waals surface area contributed by atoms with Crippen LogP contribution in [0, 0.1) is 44.4 Å². The van der Waals surface area contributed by atoms with Crippen molar-refractivity contribution < 1.29 is 79.6 Å². The highest BCUT2D eigenvalue weighted by atomic mass is 19.4. The Morgan fingerprint density at radius 2 is 1.22 bits per heavy atom. The Balaban J connectivity index is 1.05. The van der Waals surface area contributed by atoms with E-state index in [1.165, 1.54) is 32.0 Å². The summed E-state index contributed by atoms with van der Waals surface area (Å²) in [5, 5.41) is 43.8. The van der Waals surface area contributed by atoms with Crippen LogP contribution in [0.4, 0.5) is 30.7 Å². The average Bonchev–Trinajstić information content (AvgIpc) is 1.86. The van der Waals surface area contributed by atoms with Gasteiger partial charge >= 0.3 is 6.18 Å². The van der Waals surface area contributed by atoms with Crippen LogP contribution in [-0.2, 0) is 25.6 Å². The van der Waals surface area contributed by atoms with Crippen molar-refractivity contribution >= 4 is 35.4 Å². The number of alkyl halides is 7. The lowest BCUT2D eigenvalue weighted by Crippen LogP contribution is -2.59. The number of likely N-dealkylation sites (tertiary alicyclic amines) is 2. The smallest absolute Gasteiger partial charge is 0.405 e. The Morgan fingerprint density at radius 3 is 1.78 bits per heavy atom. The van der Waals surface area contributed by atoms with Gasteiger partial charge in [-0.2, -0.15) is 13.2 Å². The maximum Gasteiger partial charge on any atom is 0.405 e. The summed E-state index contributed by atoms with van der Waals surface area (Å²) < 4.78 is 109. The molecule has 4 aromatic carbocycles. The first-order valence-electron chi connectivity index (χ1n) is 26.7. The number of carbonyl (C=O) groups is 6. The first kappa shape index (κ1) is 62.3. The summed E-state index contributed by atoms with van der Waals surface area (Å²) in [6.45, 7) is 7.23. The number of benzene rings is 4. The van der Waals surface area contributed by atoms with E-state index in [1.807, 2.05) is 0 Å². The fraction of sp³-hybridized carbons (Fsp3) is 0.492. The summed E-state index contributed by atoms with van der Waals surface area (Å²) in [6.07, 6.45) is -9.55. The third-order valence-corrected chi connectivity index (χ3v) is 16.3. The van der Waals surface area contributed by atoms with E-state index >= 15 is 17.6 Å². The number of nitrogens with zero attached hydrogens (tertiary/aromatic N) is 2. The molecule has 7 rings (SSSR count). The van der Waals surface area contributed by atoms with Crippen molar-refractivity contribution in [3.8, 4) is 11.5 Å².